The van der Waals surface area contributed by atoms with Crippen LogP contribution in [0.15, 0.2) is 24.3 Å². The molecule has 3 rings (SSSR count). The second-order valence-electron chi connectivity index (χ2n) is 10.4. The maximum Gasteiger partial charge on any atom is 0.319 e. The summed E-state index contributed by atoms with van der Waals surface area (Å²) in [5.74, 6) is -1.03. The number of amides is 3. The van der Waals surface area contributed by atoms with Crippen LogP contribution in [0.3, 0.4) is 0 Å². The van der Waals surface area contributed by atoms with Gasteiger partial charge in [0, 0.05) is 31.2 Å². The smallest absolute Gasteiger partial charge is 0.319 e. The number of hydrogen-bond donors (Lipinski definition) is 3. The van der Waals surface area contributed by atoms with Gasteiger partial charge in [-0.05, 0) is 67.1 Å². The Morgan fingerprint density at radius 2 is 2.06 bits per heavy atom. The topological polar surface area (TPSA) is 105 Å². The molecule has 1 aromatic rings. The molecule has 0 aliphatic heterocycles. The summed E-state index contributed by atoms with van der Waals surface area (Å²) in [6.07, 6.45) is 3.00. The Hall–Kier alpha value is -2.66. The first-order valence-corrected chi connectivity index (χ1v) is 12.2. The molecule has 7 nitrogen and oxygen atoms in total. The van der Waals surface area contributed by atoms with Crippen LogP contribution in [0.25, 0.3) is 0 Å². The molecule has 1 aromatic carbocycles. The lowest BCUT2D eigenvalue weighted by atomic mass is 9.51. The molecule has 2 aliphatic rings. The normalized spacial score (nSPS) is 31.5. The minimum absolute atomic E-state index is 0.00781. The number of benzene rings is 1. The molecule has 2 fully saturated rings. The molecule has 0 spiro atoms. The number of nitrogens with zero attached hydrogens (tertiary/aromatic N) is 2. The van der Waals surface area contributed by atoms with Crippen LogP contribution in [0.5, 0.6) is 0 Å². The lowest BCUT2D eigenvalue weighted by Gasteiger charge is -2.56. The van der Waals surface area contributed by atoms with Crippen molar-refractivity contribution in [1.82, 2.24) is 10.2 Å². The van der Waals surface area contributed by atoms with E-state index in [1.165, 1.54) is 12.1 Å². The summed E-state index contributed by atoms with van der Waals surface area (Å²) in [5.41, 5.74) is 0.332. The molecule has 0 saturated heterocycles. The Morgan fingerprint density at radius 1 is 1.35 bits per heavy atom. The van der Waals surface area contributed by atoms with Crippen LogP contribution in [-0.4, -0.2) is 47.7 Å². The van der Waals surface area contributed by atoms with Gasteiger partial charge in [0.15, 0.2) is 0 Å². The molecule has 186 valence electrons. The van der Waals surface area contributed by atoms with E-state index in [-0.39, 0.29) is 47.5 Å². The molecule has 3 amide bonds. The highest BCUT2D eigenvalue weighted by Gasteiger charge is 2.54. The second-order valence-corrected chi connectivity index (χ2v) is 10.4. The summed E-state index contributed by atoms with van der Waals surface area (Å²) >= 11 is 0. The van der Waals surface area contributed by atoms with E-state index in [1.807, 2.05) is 6.92 Å². The summed E-state index contributed by atoms with van der Waals surface area (Å²) in [7, 11) is 1.70. The molecule has 7 atom stereocenters. The minimum Gasteiger partial charge on any atom is -0.392 e. The van der Waals surface area contributed by atoms with Crippen LogP contribution in [0.1, 0.15) is 52.9 Å². The Morgan fingerprint density at radius 3 is 2.74 bits per heavy atom. The lowest BCUT2D eigenvalue weighted by molar-refractivity contribution is -0.148. The number of anilines is 1. The van der Waals surface area contributed by atoms with Gasteiger partial charge in [0.2, 0.25) is 5.91 Å². The van der Waals surface area contributed by atoms with Gasteiger partial charge in [-0.3, -0.25) is 4.79 Å². The van der Waals surface area contributed by atoms with Crippen molar-refractivity contribution in [3.63, 3.8) is 0 Å². The number of aliphatic hydroxyl groups is 1. The van der Waals surface area contributed by atoms with Crippen LogP contribution in [0, 0.1) is 46.2 Å². The van der Waals surface area contributed by atoms with Crippen LogP contribution >= 0.6 is 0 Å². The average Bonchev–Trinajstić information content (AvgIpc) is 2.78. The molecule has 0 bridgehead atoms. The third-order valence-corrected chi connectivity index (χ3v) is 8.25. The summed E-state index contributed by atoms with van der Waals surface area (Å²) < 4.78 is 13.4. The number of aliphatic hydroxyl groups excluding tert-OH is 1. The van der Waals surface area contributed by atoms with Gasteiger partial charge in [0.1, 0.15) is 5.82 Å². The van der Waals surface area contributed by atoms with Crippen molar-refractivity contribution in [1.29, 1.82) is 5.26 Å². The van der Waals surface area contributed by atoms with E-state index >= 15 is 0 Å². The zero-order valence-corrected chi connectivity index (χ0v) is 20.6. The summed E-state index contributed by atoms with van der Waals surface area (Å²) in [6.45, 7) is 6.53. The van der Waals surface area contributed by atoms with Gasteiger partial charge in [0.05, 0.1) is 18.6 Å². The molecule has 2 aliphatic carbocycles. The third-order valence-electron chi connectivity index (χ3n) is 8.25. The Labute approximate surface area is 201 Å². The van der Waals surface area contributed by atoms with Crippen molar-refractivity contribution in [2.75, 3.05) is 18.9 Å². The lowest BCUT2D eigenvalue weighted by Crippen LogP contribution is -2.59. The fraction of sp³-hybridized carbons (Fsp3) is 0.654. The number of rotatable bonds is 6. The van der Waals surface area contributed by atoms with E-state index in [0.29, 0.717) is 12.2 Å². The van der Waals surface area contributed by atoms with Crippen LogP contribution in [-0.2, 0) is 4.79 Å². The molecule has 0 heterocycles. The second kappa shape index (κ2) is 10.7. The minimum atomic E-state index is -0.659. The Kier molecular flexibility index (Phi) is 8.19. The van der Waals surface area contributed by atoms with Crippen molar-refractivity contribution >= 4 is 17.6 Å². The van der Waals surface area contributed by atoms with Crippen LogP contribution in [0.2, 0.25) is 0 Å². The summed E-state index contributed by atoms with van der Waals surface area (Å²) in [6, 6.07) is 7.30. The Bertz CT molecular complexity index is 935. The molecule has 1 unspecified atom stereocenters. The number of halogens is 1. The van der Waals surface area contributed by atoms with E-state index in [2.05, 4.69) is 30.6 Å². The maximum atomic E-state index is 13.4. The molecule has 3 N–H and O–H groups in total. The van der Waals surface area contributed by atoms with E-state index in [0.717, 1.165) is 25.7 Å². The zero-order chi connectivity index (χ0) is 25.0. The molecular formula is C26H37FN4O3. The molecule has 2 saturated carbocycles. The van der Waals surface area contributed by atoms with Crippen molar-refractivity contribution in [3.05, 3.63) is 30.1 Å². The predicted octanol–water partition coefficient (Wildman–Crippen LogP) is 4.15. The highest BCUT2D eigenvalue weighted by Crippen LogP contribution is 2.55. The zero-order valence-electron chi connectivity index (χ0n) is 20.6. The standard InChI is InChI=1S/C26H37FN4O3/c1-16(24(33)31(4)14-6-13-28)20-9-11-26(3)12-10-21(17(2)22(26)23(20)32)30-25(34)29-19-8-5-7-18(27)15-19/h5,7-8,15-17,20-23,32H,6,9-12,14H2,1-4H3,(H2,29,30,34)/t16-,17+,20?,21-,22+,23-,26-/m0/s1. The van der Waals surface area contributed by atoms with Crippen LogP contribution in [0.4, 0.5) is 14.9 Å². The monoisotopic (exact) mass is 472 g/mol. The van der Waals surface area contributed by atoms with Gasteiger partial charge in [-0.25, -0.2) is 9.18 Å². The molecule has 0 radical (unpaired) electrons. The van der Waals surface area contributed by atoms with Crippen molar-refractivity contribution in [3.8, 4) is 6.07 Å². The first kappa shape index (κ1) is 26.0. The van der Waals surface area contributed by atoms with Gasteiger partial charge in [-0.2, -0.15) is 5.26 Å². The van der Waals surface area contributed by atoms with Gasteiger partial charge < -0.3 is 20.6 Å². The largest absolute Gasteiger partial charge is 0.392 e. The van der Waals surface area contributed by atoms with E-state index in [9.17, 15) is 19.1 Å². The molecular weight excluding hydrogens is 435 g/mol. The molecule has 0 aromatic heterocycles. The SMILES string of the molecule is C[C@H]1[C@@H]2[C@@H](O)C([C@H](C)C(=O)N(C)CCC#N)CC[C@@]2(C)CC[C@@H]1NC(=O)Nc1cccc(F)c1. The number of nitrogens with one attached hydrogen (secondary N) is 2. The quantitative estimate of drug-likeness (QED) is 0.578. The fourth-order valence-electron chi connectivity index (χ4n) is 6.26. The number of fused-ring (bicyclic) bond motifs is 1. The number of urea groups is 1. The number of hydrogen-bond acceptors (Lipinski definition) is 4. The fourth-order valence-corrected chi connectivity index (χ4v) is 6.26. The van der Waals surface area contributed by atoms with E-state index < -0.39 is 18.0 Å². The van der Waals surface area contributed by atoms with Gasteiger partial charge in [-0.15, -0.1) is 0 Å². The van der Waals surface area contributed by atoms with Gasteiger partial charge in [-0.1, -0.05) is 26.8 Å². The highest BCUT2D eigenvalue weighted by atomic mass is 19.1. The van der Waals surface area contributed by atoms with Gasteiger partial charge in [0.25, 0.3) is 0 Å². The molecule has 34 heavy (non-hydrogen) atoms. The van der Waals surface area contributed by atoms with Crippen molar-refractivity contribution < 1.29 is 19.1 Å². The van der Waals surface area contributed by atoms with Gasteiger partial charge >= 0.3 is 6.03 Å². The number of carbonyl (C=O) groups excluding carboxylic acids is 2. The highest BCUT2D eigenvalue weighted by molar-refractivity contribution is 5.89. The number of nitriles is 1. The van der Waals surface area contributed by atoms with E-state index in [4.69, 9.17) is 5.26 Å². The third kappa shape index (κ3) is 5.52. The predicted molar refractivity (Wildman–Crippen MR) is 128 cm³/mol. The van der Waals surface area contributed by atoms with Crippen molar-refractivity contribution in [2.45, 2.75) is 65.0 Å². The maximum absolute atomic E-state index is 13.4. The summed E-state index contributed by atoms with van der Waals surface area (Å²) in [5, 5.41) is 26.0. The number of carbonyl (C=O) groups is 2. The summed E-state index contributed by atoms with van der Waals surface area (Å²) in [4.78, 5) is 27.1. The van der Waals surface area contributed by atoms with E-state index in [1.54, 1.807) is 24.1 Å². The Balaban J connectivity index is 1.68. The first-order chi connectivity index (χ1) is 16.1. The van der Waals surface area contributed by atoms with Crippen molar-refractivity contribution in [2.24, 2.45) is 29.1 Å². The first-order valence-electron chi connectivity index (χ1n) is 12.2. The average molecular weight is 473 g/mol. The molecule has 8 heteroatoms. The van der Waals surface area contributed by atoms with Crippen LogP contribution < -0.4 is 10.6 Å².